The van der Waals surface area contributed by atoms with E-state index in [0.29, 0.717) is 12.3 Å². The molecular formula is C30H40N4O4S. The van der Waals surface area contributed by atoms with Gasteiger partial charge >= 0.3 is 0 Å². The third-order valence-corrected chi connectivity index (χ3v) is 7.59. The first-order chi connectivity index (χ1) is 18.9. The number of benzene rings is 1. The van der Waals surface area contributed by atoms with Crippen LogP contribution in [0.5, 0.6) is 5.75 Å². The molecule has 3 atom stereocenters. The highest BCUT2D eigenvalue weighted by Gasteiger charge is 2.24. The summed E-state index contributed by atoms with van der Waals surface area (Å²) in [5.74, 6) is 1.72. The molecule has 2 aromatic heterocycles. The molecule has 210 valence electrons. The molecule has 9 heteroatoms. The Bertz CT molecular complexity index is 1160. The molecule has 2 heterocycles. The number of methoxy groups -OCH3 is 1. The van der Waals surface area contributed by atoms with Crippen LogP contribution < -0.4 is 15.8 Å². The molecule has 39 heavy (non-hydrogen) atoms. The van der Waals surface area contributed by atoms with Crippen LogP contribution in [0.15, 0.2) is 48.8 Å². The lowest BCUT2D eigenvalue weighted by Gasteiger charge is -2.20. The zero-order valence-electron chi connectivity index (χ0n) is 23.2. The summed E-state index contributed by atoms with van der Waals surface area (Å²) in [6.45, 7) is 6.51. The van der Waals surface area contributed by atoms with Gasteiger partial charge in [-0.2, -0.15) is 5.26 Å². The molecule has 0 aliphatic heterocycles. The van der Waals surface area contributed by atoms with Crippen LogP contribution >= 0.6 is 11.3 Å². The highest BCUT2D eigenvalue weighted by Crippen LogP contribution is 2.38. The second-order valence-electron chi connectivity index (χ2n) is 8.96. The number of aldehydes is 1. The number of nitrogens with zero attached hydrogens (tertiary/aromatic N) is 2. The van der Waals surface area contributed by atoms with E-state index in [1.165, 1.54) is 10.4 Å². The SMILES string of the molecule is C=O.CC(O)c1cccnc1.CNc1sc2c(c1C#N)CCC(CN)C2.COc1cccc(C(C)CC=O)c1. The Morgan fingerprint density at radius 3 is 2.54 bits per heavy atom. The fraction of sp³-hybridized carbons (Fsp3) is 0.400. The van der Waals surface area contributed by atoms with Crippen molar-refractivity contribution >= 4 is 29.4 Å². The van der Waals surface area contributed by atoms with Crippen LogP contribution in [-0.4, -0.2) is 43.9 Å². The lowest BCUT2D eigenvalue weighted by Crippen LogP contribution is -2.21. The van der Waals surface area contributed by atoms with E-state index in [0.717, 1.165) is 59.5 Å². The summed E-state index contributed by atoms with van der Waals surface area (Å²) in [5, 5.41) is 22.2. The molecule has 8 nitrogen and oxygen atoms in total. The standard InChI is InChI=1S/C11H15N3S.C11H14O2.C7H9NO.CH2O/c1-14-11-9(6-13)8-3-2-7(5-12)4-10(8)15-11;1-9(6-7-12)10-4-3-5-11(8-10)13-2;1-6(9)7-3-2-4-8-5-7;1-2/h7,14H,2-5,12H2,1H3;3-5,7-9H,6H2,1-2H3;2-6,9H,1H3;1H2. The number of carbonyl (C=O) groups excluding carboxylic acids is 2. The van der Waals surface area contributed by atoms with E-state index in [1.807, 2.05) is 57.2 Å². The van der Waals surface area contributed by atoms with E-state index in [4.69, 9.17) is 25.6 Å². The van der Waals surface area contributed by atoms with E-state index in [9.17, 15) is 4.79 Å². The molecule has 0 spiro atoms. The molecule has 3 aromatic rings. The molecule has 4 N–H and O–H groups in total. The van der Waals surface area contributed by atoms with Crippen LogP contribution in [0.1, 0.15) is 65.8 Å². The molecule has 3 unspecified atom stereocenters. The molecule has 1 aliphatic rings. The molecule has 0 radical (unpaired) electrons. The summed E-state index contributed by atoms with van der Waals surface area (Å²) in [7, 11) is 3.52. The molecule has 0 amide bonds. The summed E-state index contributed by atoms with van der Waals surface area (Å²) in [6.07, 6.45) is 7.63. The molecule has 1 aromatic carbocycles. The molecule has 0 saturated carbocycles. The number of hydrogen-bond acceptors (Lipinski definition) is 9. The van der Waals surface area contributed by atoms with E-state index < -0.39 is 6.10 Å². The lowest BCUT2D eigenvalue weighted by molar-refractivity contribution is -0.108. The number of thiophene rings is 1. The van der Waals surface area contributed by atoms with Crippen molar-refractivity contribution in [1.82, 2.24) is 4.98 Å². The Kier molecular flexibility index (Phi) is 16.0. The van der Waals surface area contributed by atoms with Crippen molar-refractivity contribution < 1.29 is 19.4 Å². The Hall–Kier alpha value is -3.58. The fourth-order valence-corrected chi connectivity index (χ4v) is 5.27. The minimum Gasteiger partial charge on any atom is -0.497 e. The topological polar surface area (TPSA) is 138 Å². The van der Waals surface area contributed by atoms with Crippen LogP contribution in [0, 0.1) is 17.2 Å². The normalized spacial score (nSPS) is 14.6. The number of nitrogens with two attached hydrogens (primary N) is 1. The number of carbonyl (C=O) groups is 2. The molecular weight excluding hydrogens is 512 g/mol. The summed E-state index contributed by atoms with van der Waals surface area (Å²) in [5.41, 5.74) is 9.81. The van der Waals surface area contributed by atoms with Crippen LogP contribution in [0.3, 0.4) is 0 Å². The number of ether oxygens (including phenoxy) is 1. The van der Waals surface area contributed by atoms with Gasteiger partial charge in [0.1, 0.15) is 29.9 Å². The molecule has 0 saturated heterocycles. The average Bonchev–Trinajstić information content (AvgIpc) is 3.36. The Balaban J connectivity index is 0.000000291. The number of aliphatic hydroxyl groups is 1. The lowest BCUT2D eigenvalue weighted by atomic mass is 9.87. The minimum atomic E-state index is -0.404. The fourth-order valence-electron chi connectivity index (χ4n) is 4.00. The van der Waals surface area contributed by atoms with E-state index in [1.54, 1.807) is 37.8 Å². The van der Waals surface area contributed by atoms with Crippen molar-refractivity contribution in [3.63, 3.8) is 0 Å². The number of aliphatic hydroxyl groups excluding tert-OH is 1. The molecule has 0 bridgehead atoms. The third kappa shape index (κ3) is 10.6. The maximum Gasteiger partial charge on any atom is 0.120 e. The Morgan fingerprint density at radius 2 is 2.03 bits per heavy atom. The summed E-state index contributed by atoms with van der Waals surface area (Å²) in [6, 6.07) is 13.8. The van der Waals surface area contributed by atoms with Crippen molar-refractivity contribution in [2.45, 2.75) is 51.6 Å². The maximum absolute atomic E-state index is 10.3. The monoisotopic (exact) mass is 552 g/mol. The number of pyridine rings is 1. The quantitative estimate of drug-likeness (QED) is 0.346. The van der Waals surface area contributed by atoms with Gasteiger partial charge in [-0.25, -0.2) is 0 Å². The highest BCUT2D eigenvalue weighted by molar-refractivity contribution is 7.16. The van der Waals surface area contributed by atoms with Gasteiger partial charge in [0.05, 0.1) is 18.8 Å². The van der Waals surface area contributed by atoms with E-state index in [2.05, 4.69) is 16.4 Å². The number of fused-ring (bicyclic) bond motifs is 1. The van der Waals surface area contributed by atoms with Crippen molar-refractivity contribution in [1.29, 1.82) is 5.26 Å². The van der Waals surface area contributed by atoms with Crippen molar-refractivity contribution in [2.24, 2.45) is 11.7 Å². The van der Waals surface area contributed by atoms with Gasteiger partial charge in [-0.15, -0.1) is 11.3 Å². The van der Waals surface area contributed by atoms with Crippen molar-refractivity contribution in [3.8, 4) is 11.8 Å². The maximum atomic E-state index is 10.3. The van der Waals surface area contributed by atoms with Crippen LogP contribution in [0.2, 0.25) is 0 Å². The first-order valence-corrected chi connectivity index (χ1v) is 13.6. The minimum absolute atomic E-state index is 0.271. The van der Waals surface area contributed by atoms with Crippen LogP contribution in [0.4, 0.5) is 5.00 Å². The van der Waals surface area contributed by atoms with Gasteiger partial charge in [0, 0.05) is 30.7 Å². The zero-order chi connectivity index (χ0) is 29.2. The van der Waals surface area contributed by atoms with Gasteiger partial charge in [-0.3, -0.25) is 4.98 Å². The van der Waals surface area contributed by atoms with Gasteiger partial charge in [0.25, 0.3) is 0 Å². The van der Waals surface area contributed by atoms with Gasteiger partial charge in [0.15, 0.2) is 0 Å². The molecule has 0 fully saturated rings. The number of hydrogen-bond donors (Lipinski definition) is 3. The average molecular weight is 553 g/mol. The summed E-state index contributed by atoms with van der Waals surface area (Å²) >= 11 is 1.72. The largest absolute Gasteiger partial charge is 0.497 e. The zero-order valence-corrected chi connectivity index (χ0v) is 24.0. The van der Waals surface area contributed by atoms with Crippen molar-refractivity contribution in [3.05, 3.63) is 75.9 Å². The predicted octanol–water partition coefficient (Wildman–Crippen LogP) is 5.06. The Morgan fingerprint density at radius 1 is 1.31 bits per heavy atom. The first-order valence-electron chi connectivity index (χ1n) is 12.7. The summed E-state index contributed by atoms with van der Waals surface area (Å²) in [4.78, 5) is 23.5. The third-order valence-electron chi connectivity index (χ3n) is 6.32. The van der Waals surface area contributed by atoms with Gasteiger partial charge in [-0.05, 0) is 79.5 Å². The Labute approximate surface area is 235 Å². The highest BCUT2D eigenvalue weighted by atomic mass is 32.1. The first kappa shape index (κ1) is 33.4. The molecule has 4 rings (SSSR count). The number of nitriles is 1. The summed E-state index contributed by atoms with van der Waals surface area (Å²) < 4.78 is 5.09. The number of aromatic nitrogens is 1. The van der Waals surface area contributed by atoms with E-state index >= 15 is 0 Å². The predicted molar refractivity (Wildman–Crippen MR) is 157 cm³/mol. The van der Waals surface area contributed by atoms with Gasteiger partial charge < -0.3 is 30.5 Å². The van der Waals surface area contributed by atoms with Gasteiger partial charge in [-0.1, -0.05) is 25.1 Å². The van der Waals surface area contributed by atoms with Crippen LogP contribution in [0.25, 0.3) is 0 Å². The van der Waals surface area contributed by atoms with Crippen LogP contribution in [-0.2, 0) is 22.4 Å². The second kappa shape index (κ2) is 18.6. The second-order valence-corrected chi connectivity index (χ2v) is 10.1. The smallest absolute Gasteiger partial charge is 0.120 e. The number of nitrogens with one attached hydrogen (secondary N) is 1. The molecule has 1 aliphatic carbocycles. The van der Waals surface area contributed by atoms with Gasteiger partial charge in [0.2, 0.25) is 0 Å². The number of anilines is 1. The van der Waals surface area contributed by atoms with Crippen molar-refractivity contribution in [2.75, 3.05) is 26.0 Å². The number of rotatable bonds is 7. The van der Waals surface area contributed by atoms with E-state index in [-0.39, 0.29) is 5.92 Å².